The highest BCUT2D eigenvalue weighted by molar-refractivity contribution is 7.62. The lowest BCUT2D eigenvalue weighted by Gasteiger charge is -1.61. The van der Waals surface area contributed by atoms with Crippen LogP contribution in [-0.4, -0.2) is 10.8 Å². The highest BCUT2D eigenvalue weighted by Gasteiger charge is 1.56. The minimum Gasteiger partial charge on any atom is -0.206 e. The van der Waals surface area contributed by atoms with E-state index in [9.17, 15) is 4.21 Å². The number of rotatable bonds is 1. The molecule has 0 aromatic rings. The second kappa shape index (κ2) is 2.84. The van der Waals surface area contributed by atoms with Crippen molar-refractivity contribution in [1.29, 1.82) is 4.78 Å². The molecule has 0 aliphatic rings. The smallest absolute Gasteiger partial charge is 0.189 e. The second-order valence-corrected chi connectivity index (χ2v) is 1.45. The van der Waals surface area contributed by atoms with E-state index in [4.69, 9.17) is 4.78 Å². The minimum absolute atomic E-state index is 0.468. The molecule has 0 saturated carbocycles. The van der Waals surface area contributed by atoms with Gasteiger partial charge in [0.05, 0.1) is 6.54 Å². The van der Waals surface area contributed by atoms with Crippen LogP contribution >= 0.6 is 0 Å². The van der Waals surface area contributed by atoms with E-state index in [1.165, 1.54) is 0 Å². The molecule has 4 heteroatoms. The van der Waals surface area contributed by atoms with Gasteiger partial charge in [0, 0.05) is 0 Å². The van der Waals surface area contributed by atoms with Crippen LogP contribution in [0.5, 0.6) is 0 Å². The van der Waals surface area contributed by atoms with Gasteiger partial charge in [-0.15, -0.1) is 0 Å². The third-order valence-corrected chi connectivity index (χ3v) is 0.739. The Balaban J connectivity index is 3.78. The van der Waals surface area contributed by atoms with Crippen molar-refractivity contribution in [2.24, 2.45) is 4.36 Å². The lowest BCUT2D eigenvalue weighted by atomic mass is 10.8. The molecule has 3 nitrogen and oxygen atoms in total. The summed E-state index contributed by atoms with van der Waals surface area (Å²) in [6.45, 7) is 2.21. The molecule has 0 spiro atoms. The Morgan fingerprint density at radius 1 is 2.00 bits per heavy atom. The van der Waals surface area contributed by atoms with E-state index in [0.717, 1.165) is 0 Å². The van der Waals surface area contributed by atoms with Crippen LogP contribution in [0.25, 0.3) is 0 Å². The van der Waals surface area contributed by atoms with Crippen molar-refractivity contribution in [1.82, 2.24) is 0 Å². The van der Waals surface area contributed by atoms with Crippen molar-refractivity contribution in [2.45, 2.75) is 6.92 Å². The summed E-state index contributed by atoms with van der Waals surface area (Å²) in [5.41, 5.74) is 0. The predicted molar refractivity (Wildman–Crippen MR) is 23.8 cm³/mol. The molecular weight excluding hydrogens is 100 g/mol. The Labute approximate surface area is 38.1 Å². The topological polar surface area (TPSA) is 53.3 Å². The fourth-order valence-corrected chi connectivity index (χ4v) is 0.352. The van der Waals surface area contributed by atoms with Crippen LogP contribution in [0.3, 0.4) is 0 Å². The molecular formula is C2H6N2OS. The van der Waals surface area contributed by atoms with Crippen LogP contribution in [0.2, 0.25) is 0 Å². The molecule has 0 heterocycles. The van der Waals surface area contributed by atoms with E-state index in [0.29, 0.717) is 6.54 Å². The first-order valence-electron chi connectivity index (χ1n) is 1.58. The zero-order valence-corrected chi connectivity index (χ0v) is 4.29. The van der Waals surface area contributed by atoms with Crippen molar-refractivity contribution in [2.75, 3.05) is 6.54 Å². The van der Waals surface area contributed by atoms with Gasteiger partial charge in [-0.1, -0.05) is 0 Å². The number of hydrogen-bond donors (Lipinski definition) is 1. The zero-order valence-electron chi connectivity index (χ0n) is 3.47. The van der Waals surface area contributed by atoms with Gasteiger partial charge in [-0.3, -0.25) is 0 Å². The van der Waals surface area contributed by atoms with Gasteiger partial charge in [-0.05, 0) is 6.92 Å². The predicted octanol–water partition coefficient (Wildman–Crippen LogP) is 0.701. The molecule has 0 aromatic heterocycles. The van der Waals surface area contributed by atoms with E-state index < -0.39 is 10.4 Å². The summed E-state index contributed by atoms with van der Waals surface area (Å²) >= 11 is 0. The molecule has 36 valence electrons. The molecule has 0 amide bonds. The molecule has 0 unspecified atom stereocenters. The van der Waals surface area contributed by atoms with E-state index in [-0.39, 0.29) is 0 Å². The van der Waals surface area contributed by atoms with Crippen molar-refractivity contribution in [3.8, 4) is 0 Å². The van der Waals surface area contributed by atoms with Gasteiger partial charge in [0.15, 0.2) is 10.4 Å². The first-order valence-corrected chi connectivity index (χ1v) is 2.68. The number of nitrogens with one attached hydrogen (secondary N) is 1. The molecule has 6 heavy (non-hydrogen) atoms. The fraction of sp³-hybridized carbons (Fsp3) is 1.00. The van der Waals surface area contributed by atoms with E-state index in [2.05, 4.69) is 4.36 Å². The Bertz CT molecular complexity index is 126. The van der Waals surface area contributed by atoms with Crippen LogP contribution < -0.4 is 0 Å². The molecule has 0 radical (unpaired) electrons. The van der Waals surface area contributed by atoms with E-state index in [1.54, 1.807) is 6.92 Å². The van der Waals surface area contributed by atoms with Gasteiger partial charge in [-0.25, -0.2) is 4.78 Å². The summed E-state index contributed by atoms with van der Waals surface area (Å²) in [5, 5.41) is 0. The summed E-state index contributed by atoms with van der Waals surface area (Å²) < 4.78 is 19.2. The van der Waals surface area contributed by atoms with Gasteiger partial charge in [-0.2, -0.15) is 8.57 Å². The third-order valence-electron chi connectivity index (χ3n) is 0.246. The van der Waals surface area contributed by atoms with Crippen LogP contribution in [0.15, 0.2) is 4.36 Å². The van der Waals surface area contributed by atoms with Crippen molar-refractivity contribution in [3.05, 3.63) is 0 Å². The maximum atomic E-state index is 9.65. The Hall–Kier alpha value is -0.380. The normalized spacial score (nSPS) is 7.50. The van der Waals surface area contributed by atoms with Crippen LogP contribution in [0.1, 0.15) is 6.92 Å². The van der Waals surface area contributed by atoms with Crippen LogP contribution in [0.4, 0.5) is 0 Å². The van der Waals surface area contributed by atoms with E-state index in [1.807, 2.05) is 0 Å². The largest absolute Gasteiger partial charge is 0.206 e. The first-order chi connectivity index (χ1) is 2.77. The summed E-state index contributed by atoms with van der Waals surface area (Å²) in [4.78, 5) is 0. The SMILES string of the molecule is CCN=S(=N)=O. The quantitative estimate of drug-likeness (QED) is 0.525. The highest BCUT2D eigenvalue weighted by atomic mass is 32.2. The summed E-state index contributed by atoms with van der Waals surface area (Å²) in [7, 11) is -1.69. The maximum absolute atomic E-state index is 9.65. The van der Waals surface area contributed by atoms with Gasteiger partial charge >= 0.3 is 0 Å². The molecule has 0 rings (SSSR count). The lowest BCUT2D eigenvalue weighted by Crippen LogP contribution is -1.59. The Kier molecular flexibility index (Phi) is 2.66. The lowest BCUT2D eigenvalue weighted by molar-refractivity contribution is 0.691. The molecule has 0 fully saturated rings. The van der Waals surface area contributed by atoms with Crippen molar-refractivity contribution >= 4 is 10.4 Å². The summed E-state index contributed by atoms with van der Waals surface area (Å²) in [6.07, 6.45) is 0. The standard InChI is InChI=1S/C2H6N2OS/c1-2-4-6(3)5/h3H,2H2,1H3. The van der Waals surface area contributed by atoms with Gasteiger partial charge in [0.25, 0.3) is 0 Å². The molecule has 0 atom stereocenters. The van der Waals surface area contributed by atoms with Crippen molar-refractivity contribution in [3.63, 3.8) is 0 Å². The van der Waals surface area contributed by atoms with Gasteiger partial charge in [0.2, 0.25) is 0 Å². The summed E-state index contributed by atoms with van der Waals surface area (Å²) in [5.74, 6) is 0. The van der Waals surface area contributed by atoms with E-state index >= 15 is 0 Å². The number of hydrogen-bond acceptors (Lipinski definition) is 3. The van der Waals surface area contributed by atoms with Crippen LogP contribution in [0, 0.1) is 4.78 Å². The monoisotopic (exact) mass is 106 g/mol. The van der Waals surface area contributed by atoms with Gasteiger partial charge in [0.1, 0.15) is 0 Å². The molecule has 0 aliphatic carbocycles. The highest BCUT2D eigenvalue weighted by Crippen LogP contribution is 1.59. The molecule has 0 aliphatic heterocycles. The fourth-order valence-electron chi connectivity index (χ4n) is 0.117. The Morgan fingerprint density at radius 2 is 2.50 bits per heavy atom. The third kappa shape index (κ3) is 3.62. The molecule has 0 aromatic carbocycles. The molecule has 0 saturated heterocycles. The summed E-state index contributed by atoms with van der Waals surface area (Å²) in [6, 6.07) is 0. The van der Waals surface area contributed by atoms with Crippen LogP contribution in [-0.2, 0) is 10.4 Å². The average molecular weight is 106 g/mol. The molecule has 0 bridgehead atoms. The average Bonchev–Trinajstić information content (AvgIpc) is 1.35. The second-order valence-electron chi connectivity index (χ2n) is 0.694. The minimum atomic E-state index is -1.69. The molecule has 1 N–H and O–H groups in total. The Morgan fingerprint density at radius 3 is 2.50 bits per heavy atom. The van der Waals surface area contributed by atoms with Gasteiger partial charge < -0.3 is 0 Å². The number of nitrogens with zero attached hydrogens (tertiary/aromatic N) is 1. The van der Waals surface area contributed by atoms with Crippen molar-refractivity contribution < 1.29 is 4.21 Å². The zero-order chi connectivity index (χ0) is 4.99. The maximum Gasteiger partial charge on any atom is 0.189 e. The first kappa shape index (κ1) is 5.62.